The van der Waals surface area contributed by atoms with Gasteiger partial charge in [0, 0.05) is 18.0 Å². The van der Waals surface area contributed by atoms with Crippen LogP contribution >= 0.6 is 0 Å². The third kappa shape index (κ3) is 5.91. The molecular formula is C17H25NO2. The Hall–Kier alpha value is -1.77. The molecule has 1 heterocycles. The smallest absolute Gasteiger partial charge is 0.306 e. The predicted octanol–water partition coefficient (Wildman–Crippen LogP) is 2.58. The average molecular weight is 275 g/mol. The van der Waals surface area contributed by atoms with E-state index in [1.54, 1.807) is 0 Å². The van der Waals surface area contributed by atoms with Crippen molar-refractivity contribution in [2.75, 3.05) is 0 Å². The number of aromatic nitrogens is 1. The quantitative estimate of drug-likeness (QED) is 0.663. The van der Waals surface area contributed by atoms with E-state index in [9.17, 15) is 4.79 Å². The largest absolute Gasteiger partial charge is 0.460 e. The average Bonchev–Trinajstić information content (AvgIpc) is 2.63. The van der Waals surface area contributed by atoms with Crippen molar-refractivity contribution in [2.45, 2.75) is 52.6 Å². The fraction of sp³-hybridized carbons (Fsp3) is 0.471. The van der Waals surface area contributed by atoms with Gasteiger partial charge in [-0.25, -0.2) is 0 Å². The molecule has 0 fully saturated rings. The number of aryl methyl sites for hydroxylation is 1. The fourth-order valence-corrected chi connectivity index (χ4v) is 1.74. The van der Waals surface area contributed by atoms with E-state index >= 15 is 0 Å². The molecule has 0 unspecified atom stereocenters. The molecule has 3 nitrogen and oxygen atoms in total. The number of hydrogen-bond acceptors (Lipinski definition) is 2. The van der Waals surface area contributed by atoms with Crippen molar-refractivity contribution >= 4 is 18.6 Å². The second kappa shape index (κ2) is 7.13. The number of allylic oxidation sites excluding steroid dienone is 2. The van der Waals surface area contributed by atoms with Crippen molar-refractivity contribution in [1.82, 2.24) is 4.98 Å². The molecule has 110 valence electrons. The van der Waals surface area contributed by atoms with Crippen LogP contribution in [0.2, 0.25) is 0 Å². The number of unbranched alkanes of at least 4 members (excludes halogenated alkanes) is 1. The lowest BCUT2D eigenvalue weighted by atomic mass is 10.2. The summed E-state index contributed by atoms with van der Waals surface area (Å²) in [6, 6.07) is 0. The van der Waals surface area contributed by atoms with E-state index in [-0.39, 0.29) is 5.97 Å². The van der Waals surface area contributed by atoms with Crippen LogP contribution in [0, 0.1) is 6.92 Å². The van der Waals surface area contributed by atoms with E-state index in [0.29, 0.717) is 6.42 Å². The summed E-state index contributed by atoms with van der Waals surface area (Å²) in [6.45, 7) is 11.7. The van der Waals surface area contributed by atoms with Gasteiger partial charge in [0.2, 0.25) is 0 Å². The molecule has 1 N–H and O–H groups in total. The minimum atomic E-state index is -0.392. The van der Waals surface area contributed by atoms with Gasteiger partial charge in [0.1, 0.15) is 5.60 Å². The third-order valence-electron chi connectivity index (χ3n) is 2.82. The molecule has 0 aliphatic heterocycles. The van der Waals surface area contributed by atoms with Crippen LogP contribution in [0.5, 0.6) is 0 Å². The van der Waals surface area contributed by atoms with Crippen LogP contribution in [0.4, 0.5) is 0 Å². The molecule has 3 heteroatoms. The molecule has 0 radical (unpaired) electrons. The Labute approximate surface area is 121 Å². The van der Waals surface area contributed by atoms with Crippen LogP contribution in [0.3, 0.4) is 0 Å². The first-order valence-electron chi connectivity index (χ1n) is 7.01. The summed E-state index contributed by atoms with van der Waals surface area (Å²) >= 11 is 0. The Morgan fingerprint density at radius 2 is 2.15 bits per heavy atom. The number of esters is 1. The van der Waals surface area contributed by atoms with Crippen LogP contribution < -0.4 is 10.6 Å². The summed E-state index contributed by atoms with van der Waals surface area (Å²) in [4.78, 5) is 14.7. The Morgan fingerprint density at radius 3 is 2.70 bits per heavy atom. The molecular weight excluding hydrogens is 250 g/mol. The van der Waals surface area contributed by atoms with Crippen molar-refractivity contribution in [2.24, 2.45) is 0 Å². The van der Waals surface area contributed by atoms with Crippen molar-refractivity contribution < 1.29 is 9.53 Å². The minimum Gasteiger partial charge on any atom is -0.460 e. The molecule has 0 saturated carbocycles. The molecule has 0 bridgehead atoms. The van der Waals surface area contributed by atoms with Gasteiger partial charge in [0.25, 0.3) is 0 Å². The number of hydrogen-bond donors (Lipinski definition) is 1. The number of carbonyl (C=O) groups is 1. The summed E-state index contributed by atoms with van der Waals surface area (Å²) in [5, 5.41) is 2.06. The second-order valence-corrected chi connectivity index (χ2v) is 5.94. The van der Waals surface area contributed by atoms with Crippen molar-refractivity contribution in [3.8, 4) is 0 Å². The molecule has 0 atom stereocenters. The maximum Gasteiger partial charge on any atom is 0.306 e. The zero-order valence-corrected chi connectivity index (χ0v) is 13.0. The van der Waals surface area contributed by atoms with Crippen molar-refractivity contribution in [1.29, 1.82) is 0 Å². The summed E-state index contributed by atoms with van der Waals surface area (Å²) < 4.78 is 5.25. The van der Waals surface area contributed by atoms with Crippen molar-refractivity contribution in [3.63, 3.8) is 0 Å². The third-order valence-corrected chi connectivity index (χ3v) is 2.82. The normalized spacial score (nSPS) is 13.1. The number of ether oxygens (including phenoxy) is 1. The summed E-state index contributed by atoms with van der Waals surface area (Å²) in [5.74, 6) is -0.130. The predicted molar refractivity (Wildman–Crippen MR) is 83.6 cm³/mol. The van der Waals surface area contributed by atoms with Gasteiger partial charge in [-0.3, -0.25) is 4.79 Å². The molecule has 0 spiro atoms. The standard InChI is InChI=1S/C17H25NO2/c1-13-12-18-15(14(13)2)10-8-6-7-9-11-16(19)20-17(3,4)5/h6,8,10,12,18H,2,7,9,11H2,1,3-5H3/b8-6-,15-10+. The molecule has 0 saturated heterocycles. The van der Waals surface area contributed by atoms with E-state index in [4.69, 9.17) is 4.74 Å². The highest BCUT2D eigenvalue weighted by Crippen LogP contribution is 2.09. The molecule has 1 aromatic rings. The van der Waals surface area contributed by atoms with Crippen molar-refractivity contribution in [3.05, 3.63) is 34.5 Å². The van der Waals surface area contributed by atoms with Gasteiger partial charge in [-0.05, 0) is 57.4 Å². The van der Waals surface area contributed by atoms with Gasteiger partial charge in [-0.15, -0.1) is 0 Å². The monoisotopic (exact) mass is 275 g/mol. The van der Waals surface area contributed by atoms with Crippen LogP contribution in [0.25, 0.3) is 12.7 Å². The highest BCUT2D eigenvalue weighted by Gasteiger charge is 2.15. The Kier molecular flexibility index (Phi) is 5.81. The highest BCUT2D eigenvalue weighted by atomic mass is 16.6. The van der Waals surface area contributed by atoms with Crippen LogP contribution in [0.15, 0.2) is 18.3 Å². The first-order chi connectivity index (χ1) is 9.29. The Morgan fingerprint density at radius 1 is 1.45 bits per heavy atom. The first kappa shape index (κ1) is 16.3. The van der Waals surface area contributed by atoms with Gasteiger partial charge in [0.15, 0.2) is 0 Å². The highest BCUT2D eigenvalue weighted by molar-refractivity contribution is 5.69. The first-order valence-corrected chi connectivity index (χ1v) is 7.01. The Bertz CT molecular complexity index is 573. The molecule has 20 heavy (non-hydrogen) atoms. The van der Waals surface area contributed by atoms with Crippen LogP contribution in [0.1, 0.15) is 45.6 Å². The van der Waals surface area contributed by atoms with E-state index in [0.717, 1.165) is 29.0 Å². The number of nitrogens with one attached hydrogen (secondary N) is 1. The number of H-pyrrole nitrogens is 1. The molecule has 1 aromatic heterocycles. The van der Waals surface area contributed by atoms with E-state index in [1.807, 2.05) is 46.0 Å². The lowest BCUT2D eigenvalue weighted by molar-refractivity contribution is -0.154. The van der Waals surface area contributed by atoms with E-state index in [2.05, 4.69) is 17.6 Å². The fourth-order valence-electron chi connectivity index (χ4n) is 1.74. The lowest BCUT2D eigenvalue weighted by Crippen LogP contribution is -2.23. The molecule has 0 aliphatic carbocycles. The van der Waals surface area contributed by atoms with Gasteiger partial charge in [-0.2, -0.15) is 0 Å². The molecule has 0 amide bonds. The molecule has 0 aliphatic rings. The number of aromatic amines is 1. The van der Waals surface area contributed by atoms with Gasteiger partial charge < -0.3 is 9.72 Å². The van der Waals surface area contributed by atoms with E-state index < -0.39 is 5.60 Å². The maximum absolute atomic E-state index is 11.5. The maximum atomic E-state index is 11.5. The molecule has 0 aromatic carbocycles. The topological polar surface area (TPSA) is 42.1 Å². The summed E-state index contributed by atoms with van der Waals surface area (Å²) in [7, 11) is 0. The van der Waals surface area contributed by atoms with E-state index in [1.165, 1.54) is 0 Å². The number of carbonyl (C=O) groups excluding carboxylic acids is 1. The second-order valence-electron chi connectivity index (χ2n) is 5.94. The van der Waals surface area contributed by atoms with Gasteiger partial charge in [0.05, 0.1) is 0 Å². The zero-order chi connectivity index (χ0) is 15.2. The minimum absolute atomic E-state index is 0.130. The van der Waals surface area contributed by atoms with Gasteiger partial charge >= 0.3 is 5.97 Å². The SMILES string of the molecule is C=c1c(C)c[nH]/c1=C/C=C\CCCC(=O)OC(C)(C)C. The zero-order valence-electron chi connectivity index (χ0n) is 13.0. The summed E-state index contributed by atoms with van der Waals surface area (Å²) in [6.07, 6.45) is 10.1. The molecule has 1 rings (SSSR count). The Balaban J connectivity index is 2.33. The lowest BCUT2D eigenvalue weighted by Gasteiger charge is -2.19. The van der Waals surface area contributed by atoms with Gasteiger partial charge in [-0.1, -0.05) is 18.7 Å². The van der Waals surface area contributed by atoms with Crippen LogP contribution in [-0.2, 0) is 9.53 Å². The number of rotatable bonds is 5. The summed E-state index contributed by atoms with van der Waals surface area (Å²) in [5.41, 5.74) is 0.769. The van der Waals surface area contributed by atoms with Crippen LogP contribution in [-0.4, -0.2) is 16.6 Å².